The first-order valence-electron chi connectivity index (χ1n) is 5.74. The monoisotopic (exact) mass is 298 g/mol. The summed E-state index contributed by atoms with van der Waals surface area (Å²) in [5, 5.41) is 11.3. The van der Waals surface area contributed by atoms with E-state index in [-0.39, 0.29) is 24.9 Å². The first-order valence-corrected chi connectivity index (χ1v) is 5.74. The molecule has 1 aliphatic heterocycles. The number of aromatic nitrogens is 1. The van der Waals surface area contributed by atoms with Crippen LogP contribution in [0.2, 0.25) is 0 Å². The number of nitrogens with zero attached hydrogens (tertiary/aromatic N) is 1. The van der Waals surface area contributed by atoms with E-state index < -0.39 is 11.4 Å². The van der Waals surface area contributed by atoms with Gasteiger partial charge in [-0.05, 0) is 31.6 Å². The molecule has 1 aromatic rings. The molecular formula is C13H15ClN2O4. The zero-order valence-electron chi connectivity index (χ0n) is 11.0. The maximum Gasteiger partial charge on any atom is 0.328 e. The van der Waals surface area contributed by atoms with E-state index in [0.29, 0.717) is 17.1 Å². The summed E-state index contributed by atoms with van der Waals surface area (Å²) < 4.78 is 5.55. The lowest BCUT2D eigenvalue weighted by Crippen LogP contribution is -2.33. The van der Waals surface area contributed by atoms with Crippen LogP contribution in [-0.2, 0) is 9.59 Å². The first-order chi connectivity index (χ1) is 8.88. The van der Waals surface area contributed by atoms with Crippen LogP contribution in [0.5, 0.6) is 5.75 Å². The lowest BCUT2D eigenvalue weighted by molar-refractivity contribution is -0.131. The van der Waals surface area contributed by atoms with Gasteiger partial charge in [0, 0.05) is 12.3 Å². The summed E-state index contributed by atoms with van der Waals surface area (Å²) in [6, 6.07) is 1.64. The molecule has 1 aliphatic rings. The number of fused-ring (bicyclic) bond motifs is 1. The Hall–Kier alpha value is -2.08. The Kier molecular flexibility index (Phi) is 4.73. The molecule has 0 atom stereocenters. The highest BCUT2D eigenvalue weighted by Gasteiger charge is 2.32. The van der Waals surface area contributed by atoms with E-state index in [1.807, 2.05) is 0 Å². The van der Waals surface area contributed by atoms with Crippen molar-refractivity contribution in [1.82, 2.24) is 4.98 Å². The number of carboxylic acid groups (broad SMARTS) is 1. The number of carbonyl (C=O) groups is 2. The Morgan fingerprint density at radius 1 is 1.55 bits per heavy atom. The molecule has 1 amide bonds. The largest absolute Gasteiger partial charge is 0.489 e. The van der Waals surface area contributed by atoms with Crippen molar-refractivity contribution in [3.8, 4) is 5.75 Å². The first kappa shape index (κ1) is 16.0. The van der Waals surface area contributed by atoms with Crippen molar-refractivity contribution in [2.45, 2.75) is 13.8 Å². The number of nitrogens with one attached hydrogen (secondary N) is 1. The third-order valence-corrected chi connectivity index (χ3v) is 2.73. The van der Waals surface area contributed by atoms with Crippen LogP contribution in [0, 0.1) is 5.41 Å². The van der Waals surface area contributed by atoms with Gasteiger partial charge in [0.1, 0.15) is 6.61 Å². The highest BCUT2D eigenvalue weighted by Crippen LogP contribution is 2.31. The number of carboxylic acids is 1. The second kappa shape index (κ2) is 5.92. The summed E-state index contributed by atoms with van der Waals surface area (Å²) in [7, 11) is 0. The number of ether oxygens (including phenoxy) is 1. The molecule has 0 saturated carbocycles. The third-order valence-electron chi connectivity index (χ3n) is 2.73. The van der Waals surface area contributed by atoms with Gasteiger partial charge in [-0.15, -0.1) is 12.4 Å². The number of hydrogen-bond donors (Lipinski definition) is 2. The smallest absolute Gasteiger partial charge is 0.328 e. The summed E-state index contributed by atoms with van der Waals surface area (Å²) in [4.78, 5) is 26.4. The summed E-state index contributed by atoms with van der Waals surface area (Å²) in [6.07, 6.45) is 3.90. The van der Waals surface area contributed by atoms with Crippen LogP contribution in [0.3, 0.4) is 0 Å². The standard InChI is InChI=1S/C13H14N2O4.ClH/c1-13(2)7-19-9-5-8(3-4-10(16)17)6-14-11(9)15-12(13)18;/h3-6H,7H2,1-2H3,(H,16,17)(H,14,15,18);1H. The fourth-order valence-corrected chi connectivity index (χ4v) is 1.52. The molecule has 0 saturated heterocycles. The zero-order chi connectivity index (χ0) is 14.0. The number of anilines is 1. The Labute approximate surface area is 122 Å². The number of aliphatic carboxylic acids is 1. The van der Waals surface area contributed by atoms with E-state index in [2.05, 4.69) is 10.3 Å². The molecule has 0 aliphatic carbocycles. The molecule has 0 unspecified atom stereocenters. The molecule has 1 aromatic heterocycles. The minimum Gasteiger partial charge on any atom is -0.489 e. The van der Waals surface area contributed by atoms with Crippen LogP contribution in [0.4, 0.5) is 5.82 Å². The summed E-state index contributed by atoms with van der Waals surface area (Å²) >= 11 is 0. The summed E-state index contributed by atoms with van der Waals surface area (Å²) in [5.74, 6) is -0.410. The molecule has 6 nitrogen and oxygen atoms in total. The Balaban J connectivity index is 0.00000200. The van der Waals surface area contributed by atoms with Gasteiger partial charge in [-0.3, -0.25) is 4.79 Å². The molecule has 0 spiro atoms. The van der Waals surface area contributed by atoms with Gasteiger partial charge < -0.3 is 15.2 Å². The van der Waals surface area contributed by atoms with Crippen LogP contribution in [-0.4, -0.2) is 28.6 Å². The number of amides is 1. The van der Waals surface area contributed by atoms with Crippen molar-refractivity contribution in [3.63, 3.8) is 0 Å². The maximum atomic E-state index is 11.9. The third kappa shape index (κ3) is 3.48. The normalized spacial score (nSPS) is 16.4. The predicted octanol–water partition coefficient (Wildman–Crippen LogP) is 1.96. The van der Waals surface area contributed by atoms with Crippen LogP contribution in [0.15, 0.2) is 18.3 Å². The molecular weight excluding hydrogens is 284 g/mol. The van der Waals surface area contributed by atoms with Crippen LogP contribution < -0.4 is 10.1 Å². The van der Waals surface area contributed by atoms with Gasteiger partial charge in [0.15, 0.2) is 11.6 Å². The van der Waals surface area contributed by atoms with Gasteiger partial charge in [0.25, 0.3) is 0 Å². The molecule has 2 heterocycles. The van der Waals surface area contributed by atoms with Crippen molar-refractivity contribution in [2.75, 3.05) is 11.9 Å². The van der Waals surface area contributed by atoms with Gasteiger partial charge in [-0.25, -0.2) is 9.78 Å². The lowest BCUT2D eigenvalue weighted by atomic mass is 9.94. The van der Waals surface area contributed by atoms with E-state index in [0.717, 1.165) is 6.08 Å². The molecule has 2 N–H and O–H groups in total. The molecule has 0 bridgehead atoms. The SMILES string of the molecule is CC1(C)COc2cc(C=CC(=O)O)cnc2NC1=O.Cl. The Morgan fingerprint density at radius 3 is 2.90 bits per heavy atom. The predicted molar refractivity (Wildman–Crippen MR) is 76.1 cm³/mol. The molecule has 0 radical (unpaired) electrons. The minimum absolute atomic E-state index is 0. The van der Waals surface area contributed by atoms with Crippen molar-refractivity contribution in [1.29, 1.82) is 0 Å². The van der Waals surface area contributed by atoms with Crippen molar-refractivity contribution in [3.05, 3.63) is 23.9 Å². The zero-order valence-corrected chi connectivity index (χ0v) is 11.9. The topological polar surface area (TPSA) is 88.5 Å². The van der Waals surface area contributed by atoms with Gasteiger partial charge in [-0.2, -0.15) is 0 Å². The second-order valence-corrected chi connectivity index (χ2v) is 4.91. The number of halogens is 1. The van der Waals surface area contributed by atoms with Gasteiger partial charge in [-0.1, -0.05) is 0 Å². The number of pyridine rings is 1. The van der Waals surface area contributed by atoms with Crippen LogP contribution in [0.1, 0.15) is 19.4 Å². The average Bonchev–Trinajstić information content (AvgIpc) is 2.45. The van der Waals surface area contributed by atoms with Gasteiger partial charge >= 0.3 is 5.97 Å². The average molecular weight is 299 g/mol. The molecule has 0 fully saturated rings. The van der Waals surface area contributed by atoms with E-state index in [1.165, 1.54) is 12.3 Å². The number of rotatable bonds is 2. The minimum atomic E-state index is -1.04. The fourth-order valence-electron chi connectivity index (χ4n) is 1.52. The molecule has 0 aromatic carbocycles. The van der Waals surface area contributed by atoms with Crippen molar-refractivity contribution >= 4 is 36.2 Å². The molecule has 2 rings (SSSR count). The van der Waals surface area contributed by atoms with Crippen LogP contribution in [0.25, 0.3) is 6.08 Å². The highest BCUT2D eigenvalue weighted by atomic mass is 35.5. The number of carbonyl (C=O) groups excluding carboxylic acids is 1. The van der Waals surface area contributed by atoms with Gasteiger partial charge in [0.05, 0.1) is 5.41 Å². The Bertz CT molecular complexity index is 569. The van der Waals surface area contributed by atoms with E-state index >= 15 is 0 Å². The summed E-state index contributed by atoms with van der Waals surface area (Å²) in [5.41, 5.74) is -0.0484. The quantitative estimate of drug-likeness (QED) is 0.815. The van der Waals surface area contributed by atoms with Crippen molar-refractivity contribution < 1.29 is 19.4 Å². The second-order valence-electron chi connectivity index (χ2n) is 4.91. The molecule has 108 valence electrons. The van der Waals surface area contributed by atoms with E-state index in [9.17, 15) is 9.59 Å². The maximum absolute atomic E-state index is 11.9. The van der Waals surface area contributed by atoms with E-state index in [1.54, 1.807) is 19.9 Å². The highest BCUT2D eigenvalue weighted by molar-refractivity contribution is 5.96. The fraction of sp³-hybridized carbons (Fsp3) is 0.308. The number of hydrogen-bond acceptors (Lipinski definition) is 4. The molecule has 7 heteroatoms. The van der Waals surface area contributed by atoms with Crippen molar-refractivity contribution in [2.24, 2.45) is 5.41 Å². The molecule has 20 heavy (non-hydrogen) atoms. The van der Waals surface area contributed by atoms with E-state index in [4.69, 9.17) is 9.84 Å². The summed E-state index contributed by atoms with van der Waals surface area (Å²) in [6.45, 7) is 3.79. The Morgan fingerprint density at radius 2 is 2.25 bits per heavy atom. The van der Waals surface area contributed by atoms with Crippen LogP contribution >= 0.6 is 12.4 Å². The lowest BCUT2D eigenvalue weighted by Gasteiger charge is -2.18. The van der Waals surface area contributed by atoms with Gasteiger partial charge in [0.2, 0.25) is 5.91 Å².